The van der Waals surface area contributed by atoms with Gasteiger partial charge in [-0.15, -0.1) is 46.3 Å². The number of anilines is 1. The van der Waals surface area contributed by atoms with Gasteiger partial charge >= 0.3 is 21.1 Å². The van der Waals surface area contributed by atoms with Crippen LogP contribution in [0.1, 0.15) is 113 Å². The van der Waals surface area contributed by atoms with Gasteiger partial charge in [-0.3, -0.25) is 0 Å². The molecule has 0 aliphatic carbocycles. The van der Waals surface area contributed by atoms with Gasteiger partial charge in [-0.1, -0.05) is 187 Å². The maximum absolute atomic E-state index is 5.98. The molecule has 1 aliphatic rings. The van der Waals surface area contributed by atoms with Crippen molar-refractivity contribution in [2.75, 3.05) is 4.90 Å². The van der Waals surface area contributed by atoms with Crippen LogP contribution in [0, 0.1) is 32.9 Å². The molecule has 5 nitrogen and oxygen atoms in total. The number of aromatic nitrogens is 3. The van der Waals surface area contributed by atoms with Crippen molar-refractivity contribution in [3.8, 4) is 22.5 Å². The van der Waals surface area contributed by atoms with Crippen LogP contribution in [0.5, 0.6) is 0 Å². The van der Waals surface area contributed by atoms with E-state index in [-0.39, 0.29) is 37.8 Å². The number of hydrogen-bond donors (Lipinski definition) is 0. The second-order valence-electron chi connectivity index (χ2n) is 24.2. The van der Waals surface area contributed by atoms with Gasteiger partial charge in [0.1, 0.15) is 5.65 Å². The van der Waals surface area contributed by atoms with Gasteiger partial charge in [0.2, 0.25) is 0 Å². The first-order chi connectivity index (χ1) is 36.3. The number of pyridine rings is 1. The Bertz CT molecular complexity index is 4020. The van der Waals surface area contributed by atoms with E-state index in [1.165, 1.54) is 44.3 Å². The molecule has 0 radical (unpaired) electrons. The zero-order chi connectivity index (χ0) is 53.1. The van der Waals surface area contributed by atoms with E-state index >= 15 is 0 Å². The summed E-state index contributed by atoms with van der Waals surface area (Å²) in [5.41, 5.74) is 17.5. The van der Waals surface area contributed by atoms with Crippen LogP contribution in [0.15, 0.2) is 187 Å². The van der Waals surface area contributed by atoms with Crippen LogP contribution in [0.2, 0.25) is 0 Å². The quantitative estimate of drug-likeness (QED) is 0.142. The fraction of sp³-hybridized carbons (Fsp3) is 0.239. The summed E-state index contributed by atoms with van der Waals surface area (Å²) in [5.74, 6) is 0.840. The number of amidine groups is 1. The zero-order valence-corrected chi connectivity index (χ0v) is 48.7. The molecule has 12 rings (SSSR count). The molecule has 0 unspecified atom stereocenters. The van der Waals surface area contributed by atoms with Crippen LogP contribution in [0.25, 0.3) is 66.2 Å². The minimum absolute atomic E-state index is 0. The first-order valence-electron chi connectivity index (χ1n) is 26.9. The molecule has 6 heteroatoms. The summed E-state index contributed by atoms with van der Waals surface area (Å²) in [6.45, 7) is 27.7. The topological polar surface area (TPSA) is 38.4 Å². The Balaban J connectivity index is 0.00000631. The Kier molecular flexibility index (Phi) is 12.8. The van der Waals surface area contributed by atoms with E-state index in [0.717, 1.165) is 77.9 Å². The van der Waals surface area contributed by atoms with Gasteiger partial charge in [0, 0.05) is 34.1 Å². The average Bonchev–Trinajstić information content (AvgIpc) is 4.09. The summed E-state index contributed by atoms with van der Waals surface area (Å²) in [4.78, 5) is 13.7. The molecule has 386 valence electrons. The Hall–Kier alpha value is -7.33. The summed E-state index contributed by atoms with van der Waals surface area (Å²) >= 11 is 0. The van der Waals surface area contributed by atoms with Crippen LogP contribution in [-0.2, 0) is 31.9 Å². The fourth-order valence-corrected chi connectivity index (χ4v) is 12.2. The molecule has 1 aliphatic heterocycles. The van der Waals surface area contributed by atoms with E-state index in [2.05, 4.69) is 279 Å². The largest absolute Gasteiger partial charge is 2.00 e. The number of aliphatic imine (C=N–C) groups is 1. The number of nitrogens with zero attached hydrogens (tertiary/aromatic N) is 5. The van der Waals surface area contributed by atoms with Crippen molar-refractivity contribution in [1.82, 2.24) is 14.1 Å². The average molecular weight is 1190 g/mol. The van der Waals surface area contributed by atoms with Crippen molar-refractivity contribution in [2.24, 2.45) is 4.99 Å². The second-order valence-corrected chi connectivity index (χ2v) is 24.2. The van der Waals surface area contributed by atoms with Gasteiger partial charge in [0.25, 0.3) is 0 Å². The fourth-order valence-electron chi connectivity index (χ4n) is 12.2. The third kappa shape index (κ3) is 8.67. The molecule has 0 saturated carbocycles. The van der Waals surface area contributed by atoms with E-state index in [1.807, 2.05) is 12.3 Å². The van der Waals surface area contributed by atoms with E-state index in [4.69, 9.17) is 9.98 Å². The van der Waals surface area contributed by atoms with Gasteiger partial charge in [-0.25, -0.2) is 4.98 Å². The third-order valence-corrected chi connectivity index (χ3v) is 16.5. The van der Waals surface area contributed by atoms with Crippen molar-refractivity contribution in [3.05, 3.63) is 239 Å². The summed E-state index contributed by atoms with van der Waals surface area (Å²) in [5, 5.41) is 4.59. The van der Waals surface area contributed by atoms with Crippen molar-refractivity contribution in [1.29, 1.82) is 0 Å². The predicted octanol–water partition coefficient (Wildman–Crippen LogP) is 17.7. The van der Waals surface area contributed by atoms with E-state index in [1.54, 1.807) is 0 Å². The molecular formula is C71H67N5Pt. The van der Waals surface area contributed by atoms with Crippen LogP contribution < -0.4 is 4.90 Å². The van der Waals surface area contributed by atoms with Gasteiger partial charge in [-0.05, 0) is 125 Å². The molecule has 0 spiro atoms. The van der Waals surface area contributed by atoms with Crippen molar-refractivity contribution >= 4 is 55.3 Å². The van der Waals surface area contributed by atoms with Crippen molar-refractivity contribution in [2.45, 2.75) is 111 Å². The Morgan fingerprint density at radius 2 is 1.12 bits per heavy atom. The van der Waals surface area contributed by atoms with Gasteiger partial charge in [0.05, 0.1) is 22.4 Å². The van der Waals surface area contributed by atoms with Crippen LogP contribution in [0.3, 0.4) is 0 Å². The molecule has 0 amide bonds. The number of aryl methyl sites for hydroxylation is 3. The molecule has 4 heterocycles. The minimum Gasteiger partial charge on any atom is -0.357 e. The van der Waals surface area contributed by atoms with E-state index < -0.39 is 11.1 Å². The molecule has 0 saturated heterocycles. The van der Waals surface area contributed by atoms with Crippen LogP contribution in [-0.4, -0.2) is 31.0 Å². The normalized spacial score (nSPS) is 15.8. The predicted molar refractivity (Wildman–Crippen MR) is 320 cm³/mol. The number of benzene rings is 8. The molecule has 11 aromatic rings. The number of fused-ring (bicyclic) bond motifs is 6. The Morgan fingerprint density at radius 1 is 0.519 bits per heavy atom. The van der Waals surface area contributed by atoms with Gasteiger partial charge < -0.3 is 19.0 Å². The minimum atomic E-state index is -0.614. The SMILES string of the molecule is Cc1cc(C2=NC(C)(C)[C@](C)(C(c3ccccc3)c3ccccc3)N2c2cc(C(C)(C)C)cc(C(C)(C)C)c2)[c-]c(-n2c3[c-]c(-n4c5ccc(-c6ccccc6)cc5c5cccnc54)c(C)cc3c3cc(C)ccc32)c1.[Pt+2]. The van der Waals surface area contributed by atoms with Crippen LogP contribution >= 0.6 is 0 Å². The van der Waals surface area contributed by atoms with E-state index in [9.17, 15) is 0 Å². The summed E-state index contributed by atoms with van der Waals surface area (Å²) in [6, 6.07) is 73.1. The smallest absolute Gasteiger partial charge is 0.357 e. The third-order valence-electron chi connectivity index (χ3n) is 16.5. The molecule has 3 aromatic heterocycles. The molecule has 0 bridgehead atoms. The second kappa shape index (κ2) is 19.0. The molecule has 77 heavy (non-hydrogen) atoms. The standard InChI is InChI=1S/C71H67N5.Pt/c1-45-30-32-61-58(37-45)59-38-47(3)63(75-62-33-31-51(48-23-16-13-17-24-48)40-60(62)57-29-22-34-72-67(57)75)44-64(59)74(61)55-36-46(2)35-52(39-55)66-73-70(10,11)71(12,65(49-25-18-14-19-26-49)50-27-20-15-21-28-50)76(66)56-42-53(68(4,5)6)41-54(43-56)69(7,8)9;/h13-38,40-43,65H,1-12H3;/q-2;+2/t71-;/m0./s1. The monoisotopic (exact) mass is 1180 g/mol. The summed E-state index contributed by atoms with van der Waals surface area (Å²) in [7, 11) is 0. The summed E-state index contributed by atoms with van der Waals surface area (Å²) < 4.78 is 4.70. The molecular weight excluding hydrogens is 1120 g/mol. The maximum atomic E-state index is 5.98. The molecule has 0 fully saturated rings. The maximum Gasteiger partial charge on any atom is 2.00 e. The molecule has 8 aromatic carbocycles. The van der Waals surface area contributed by atoms with Gasteiger partial charge in [-0.2, -0.15) is 6.07 Å². The molecule has 0 N–H and O–H groups in total. The number of rotatable bonds is 8. The molecule has 1 atom stereocenters. The number of hydrogen-bond acceptors (Lipinski definition) is 3. The van der Waals surface area contributed by atoms with Crippen LogP contribution in [0.4, 0.5) is 5.69 Å². The zero-order valence-electron chi connectivity index (χ0n) is 46.5. The summed E-state index contributed by atoms with van der Waals surface area (Å²) in [6.07, 6.45) is 1.90. The van der Waals surface area contributed by atoms with E-state index in [0.29, 0.717) is 0 Å². The Morgan fingerprint density at radius 3 is 1.75 bits per heavy atom. The Labute approximate surface area is 469 Å². The first-order valence-corrected chi connectivity index (χ1v) is 26.9. The van der Waals surface area contributed by atoms with Crippen molar-refractivity contribution in [3.63, 3.8) is 0 Å². The first kappa shape index (κ1) is 51.8. The van der Waals surface area contributed by atoms with Crippen molar-refractivity contribution < 1.29 is 21.1 Å². The van der Waals surface area contributed by atoms with Gasteiger partial charge in [0.15, 0.2) is 0 Å².